The quantitative estimate of drug-likeness (QED) is 0.196. The Morgan fingerprint density at radius 2 is 1.61 bits per heavy atom. The first-order chi connectivity index (χ1) is 17.5. The van der Waals surface area contributed by atoms with Crippen LogP contribution in [0.25, 0.3) is 0 Å². The lowest BCUT2D eigenvalue weighted by Crippen LogP contribution is -2.55. The Morgan fingerprint density at radius 1 is 1.08 bits per heavy atom. The second-order valence-corrected chi connectivity index (χ2v) is 12.5. The number of amides is 1. The van der Waals surface area contributed by atoms with Gasteiger partial charge in [0, 0.05) is 25.2 Å². The Labute approximate surface area is 221 Å². The van der Waals surface area contributed by atoms with Gasteiger partial charge in [-0.05, 0) is 47.6 Å². The van der Waals surface area contributed by atoms with Gasteiger partial charge in [-0.1, -0.05) is 0 Å². The van der Waals surface area contributed by atoms with Crippen LogP contribution in [0, 0.1) is 10.8 Å². The van der Waals surface area contributed by atoms with E-state index in [4.69, 9.17) is 28.0 Å². The molecule has 1 saturated heterocycles. The first kappa shape index (κ1) is 31.9. The van der Waals surface area contributed by atoms with Gasteiger partial charge in [-0.15, -0.1) is 0 Å². The number of carbonyl (C=O) groups is 3. The second kappa shape index (κ2) is 12.7. The first-order valence-electron chi connectivity index (χ1n) is 11.7. The monoisotopic (exact) mass is 564 g/mol. The third-order valence-corrected chi connectivity index (χ3v) is 6.76. The Bertz CT molecular complexity index is 934. The highest BCUT2D eigenvalue weighted by Gasteiger charge is 2.47. The van der Waals surface area contributed by atoms with Crippen molar-refractivity contribution in [2.45, 2.75) is 72.4 Å². The van der Waals surface area contributed by atoms with Crippen LogP contribution in [-0.4, -0.2) is 84.5 Å². The van der Waals surface area contributed by atoms with Gasteiger partial charge >= 0.3 is 19.5 Å². The van der Waals surface area contributed by atoms with E-state index in [0.717, 1.165) is 11.9 Å². The fraction of sp³-hybridized carbons (Fsp3) is 0.696. The van der Waals surface area contributed by atoms with Gasteiger partial charge in [-0.2, -0.15) is 0 Å². The number of aliphatic hydroxyl groups excluding tert-OH is 2. The van der Waals surface area contributed by atoms with E-state index in [9.17, 15) is 29.2 Å². The molecule has 0 aromatic carbocycles. The van der Waals surface area contributed by atoms with E-state index < -0.39 is 80.7 Å². The third-order valence-electron chi connectivity index (χ3n) is 5.30. The molecule has 2 aliphatic heterocycles. The van der Waals surface area contributed by atoms with Gasteiger partial charge in [0.1, 0.15) is 18.3 Å². The number of rotatable bonds is 10. The lowest BCUT2D eigenvalue weighted by Gasteiger charge is -2.36. The Kier molecular flexibility index (Phi) is 10.7. The summed E-state index contributed by atoms with van der Waals surface area (Å²) in [6.07, 6.45) is -2.28. The molecule has 0 aromatic heterocycles. The molecule has 216 valence electrons. The lowest BCUT2D eigenvalue weighted by atomic mass is 9.98. The van der Waals surface area contributed by atoms with Crippen molar-refractivity contribution in [1.82, 2.24) is 10.2 Å². The molecule has 0 spiro atoms. The van der Waals surface area contributed by atoms with E-state index in [0.29, 0.717) is 0 Å². The minimum absolute atomic E-state index is 0.521. The number of aliphatic hydroxyl groups is 2. The Hall–Kier alpha value is -2.32. The van der Waals surface area contributed by atoms with Crippen LogP contribution in [-0.2, 0) is 46.9 Å². The summed E-state index contributed by atoms with van der Waals surface area (Å²) in [5.41, 5.74) is -1.68. The van der Waals surface area contributed by atoms with E-state index in [1.807, 2.05) is 0 Å². The number of hydrogen-bond donors (Lipinski definition) is 3. The maximum atomic E-state index is 13.4. The molecule has 14 nitrogen and oxygen atoms in total. The zero-order valence-electron chi connectivity index (χ0n) is 22.5. The molecule has 0 aromatic rings. The highest BCUT2D eigenvalue weighted by atomic mass is 31.2. The van der Waals surface area contributed by atoms with Crippen LogP contribution in [0.3, 0.4) is 0 Å². The molecular formula is C23H37N2O12P. The largest absolute Gasteiger partial charge is 0.438 e. The summed E-state index contributed by atoms with van der Waals surface area (Å²) in [6.45, 7) is 8.28. The van der Waals surface area contributed by atoms with Crippen molar-refractivity contribution >= 4 is 25.4 Å². The van der Waals surface area contributed by atoms with Gasteiger partial charge < -0.3 is 39.4 Å². The third kappa shape index (κ3) is 8.60. The minimum Gasteiger partial charge on any atom is -0.438 e. The van der Waals surface area contributed by atoms with Crippen LogP contribution < -0.4 is 5.32 Å². The lowest BCUT2D eigenvalue weighted by molar-refractivity contribution is -0.162. The van der Waals surface area contributed by atoms with Gasteiger partial charge in [0.15, 0.2) is 6.23 Å². The van der Waals surface area contributed by atoms with Crippen LogP contribution in [0.5, 0.6) is 0 Å². The molecule has 0 aliphatic carbocycles. The number of nitrogens with zero attached hydrogens (tertiary/aromatic N) is 1. The Balaban J connectivity index is 2.17. The molecule has 15 heteroatoms. The van der Waals surface area contributed by atoms with Crippen LogP contribution in [0.2, 0.25) is 0 Å². The summed E-state index contributed by atoms with van der Waals surface area (Å²) in [4.78, 5) is 36.7. The number of ether oxygens (including phenoxy) is 4. The molecular weight excluding hydrogens is 527 g/mol. The highest BCUT2D eigenvalue weighted by molar-refractivity contribution is 7.57. The number of esters is 2. The summed E-state index contributed by atoms with van der Waals surface area (Å²) >= 11 is 0. The maximum absolute atomic E-state index is 13.4. The van der Waals surface area contributed by atoms with Crippen LogP contribution in [0.4, 0.5) is 0 Å². The second-order valence-electron chi connectivity index (χ2n) is 10.6. The molecule has 0 radical (unpaired) electrons. The normalized spacial score (nSPS) is 26.5. The van der Waals surface area contributed by atoms with Crippen molar-refractivity contribution in [3.05, 3.63) is 24.2 Å². The highest BCUT2D eigenvalue weighted by Crippen LogP contribution is 2.50. The van der Waals surface area contributed by atoms with Crippen molar-refractivity contribution in [3.63, 3.8) is 0 Å². The predicted molar refractivity (Wildman–Crippen MR) is 130 cm³/mol. The standard InChI is InChI=1S/C23H37N2O12P/c1-22(2,3)19(28)33-12-35-38(31,36-13-34-20(29)23(4,5)6)11-9-14-16(27)17(32-7)18(37-14)25-10-8-15(26)24-21(25)30/h8-11,14,16-18,21,27,30H,12-13H2,1-7H3,(H,24,26)/b11-9+/t14-,16?,17?,18-,21?/m1/s1. The van der Waals surface area contributed by atoms with Gasteiger partial charge in [0.25, 0.3) is 0 Å². The van der Waals surface area contributed by atoms with Crippen LogP contribution in [0.15, 0.2) is 24.2 Å². The fourth-order valence-corrected chi connectivity index (χ4v) is 4.12. The smallest absolute Gasteiger partial charge is 0.359 e. The minimum atomic E-state index is -4.22. The van der Waals surface area contributed by atoms with Crippen LogP contribution >= 0.6 is 7.60 Å². The fourth-order valence-electron chi connectivity index (χ4n) is 3.09. The van der Waals surface area contributed by atoms with Crippen molar-refractivity contribution in [2.24, 2.45) is 10.8 Å². The summed E-state index contributed by atoms with van der Waals surface area (Å²) in [6, 6.07) is 0. The summed E-state index contributed by atoms with van der Waals surface area (Å²) in [5, 5.41) is 23.2. The number of methoxy groups -OCH3 is 1. The van der Waals surface area contributed by atoms with Crippen molar-refractivity contribution in [2.75, 3.05) is 20.7 Å². The zero-order valence-corrected chi connectivity index (χ0v) is 23.4. The van der Waals surface area contributed by atoms with Crippen molar-refractivity contribution in [3.8, 4) is 0 Å². The molecule has 2 heterocycles. The van der Waals surface area contributed by atoms with Crippen LogP contribution in [0.1, 0.15) is 41.5 Å². The first-order valence-corrected chi connectivity index (χ1v) is 13.3. The number of nitrogens with one attached hydrogen (secondary N) is 1. The van der Waals surface area contributed by atoms with Gasteiger partial charge in [0.05, 0.1) is 10.8 Å². The SMILES string of the molecule is COC1C(O)[C@@H](/C=C/P(=O)(OCOC(=O)C(C)(C)C)OCOC(=O)C(C)(C)C)O[C@H]1N1C=CC(=O)NC1O. The maximum Gasteiger partial charge on any atom is 0.359 e. The van der Waals surface area contributed by atoms with E-state index in [2.05, 4.69) is 5.32 Å². The molecule has 3 N–H and O–H groups in total. The molecule has 38 heavy (non-hydrogen) atoms. The van der Waals surface area contributed by atoms with E-state index in [-0.39, 0.29) is 0 Å². The van der Waals surface area contributed by atoms with E-state index in [1.165, 1.54) is 24.3 Å². The summed E-state index contributed by atoms with van der Waals surface area (Å²) < 4.78 is 44.9. The van der Waals surface area contributed by atoms with E-state index >= 15 is 0 Å². The predicted octanol–water partition coefficient (Wildman–Crippen LogP) is 1.14. The zero-order chi connectivity index (χ0) is 28.9. The summed E-state index contributed by atoms with van der Waals surface area (Å²) in [7, 11) is -2.90. The molecule has 1 amide bonds. The molecule has 0 saturated carbocycles. The molecule has 1 fully saturated rings. The molecule has 2 aliphatic rings. The summed E-state index contributed by atoms with van der Waals surface area (Å²) in [5.74, 6) is -0.788. The van der Waals surface area contributed by atoms with Crippen molar-refractivity contribution in [1.29, 1.82) is 0 Å². The Morgan fingerprint density at radius 3 is 2.05 bits per heavy atom. The molecule has 5 atom stereocenters. The number of hydrogen-bond acceptors (Lipinski definition) is 13. The van der Waals surface area contributed by atoms with Crippen molar-refractivity contribution < 1.29 is 57.2 Å². The van der Waals surface area contributed by atoms with Gasteiger partial charge in [-0.25, -0.2) is 0 Å². The average molecular weight is 565 g/mol. The molecule has 0 bridgehead atoms. The average Bonchev–Trinajstić information content (AvgIpc) is 3.11. The topological polar surface area (TPSA) is 179 Å². The number of carbonyl (C=O) groups excluding carboxylic acids is 3. The molecule has 2 rings (SSSR count). The van der Waals surface area contributed by atoms with Gasteiger partial charge in [-0.3, -0.25) is 28.0 Å². The van der Waals surface area contributed by atoms with Gasteiger partial charge in [0.2, 0.25) is 25.8 Å². The molecule has 3 unspecified atom stereocenters. The van der Waals surface area contributed by atoms with E-state index in [1.54, 1.807) is 41.5 Å².